The van der Waals surface area contributed by atoms with Gasteiger partial charge in [0.1, 0.15) is 17.4 Å². The van der Waals surface area contributed by atoms with Crippen molar-refractivity contribution < 1.29 is 14.3 Å². The Balaban J connectivity index is 2.10. The molecule has 2 aromatic carbocycles. The van der Waals surface area contributed by atoms with Gasteiger partial charge in [0.05, 0.1) is 19.2 Å². The van der Waals surface area contributed by atoms with E-state index in [1.807, 2.05) is 34.9 Å². The fraction of sp³-hybridized carbons (Fsp3) is 0.105. The number of hydrogen-bond donors (Lipinski definition) is 1. The fourth-order valence-electron chi connectivity index (χ4n) is 2.97. The lowest BCUT2D eigenvalue weighted by molar-refractivity contribution is 0.415. The van der Waals surface area contributed by atoms with Crippen molar-refractivity contribution in [2.24, 2.45) is 0 Å². The summed E-state index contributed by atoms with van der Waals surface area (Å²) < 4.78 is 12.7. The summed E-state index contributed by atoms with van der Waals surface area (Å²) in [5.41, 5.74) is 1.85. The van der Waals surface area contributed by atoms with E-state index in [1.54, 1.807) is 25.3 Å². The molecule has 0 aliphatic carbocycles. The van der Waals surface area contributed by atoms with Crippen LogP contribution in [0.1, 0.15) is 5.56 Å². The highest BCUT2D eigenvalue weighted by atomic mass is 16.5. The Morgan fingerprint density at radius 3 is 2.71 bits per heavy atom. The van der Waals surface area contributed by atoms with E-state index in [0.29, 0.717) is 28.9 Å². The highest BCUT2D eigenvalue weighted by Gasteiger charge is 2.18. The molecule has 5 nitrogen and oxygen atoms in total. The van der Waals surface area contributed by atoms with Crippen molar-refractivity contribution in [2.45, 2.75) is 6.54 Å². The molecule has 0 unspecified atom stereocenters. The van der Waals surface area contributed by atoms with Crippen molar-refractivity contribution in [1.82, 2.24) is 4.57 Å². The first kappa shape index (κ1) is 14.4. The summed E-state index contributed by atoms with van der Waals surface area (Å²) in [5, 5.41) is 10.7. The number of aromatic nitrogens is 1. The molecule has 5 heteroatoms. The van der Waals surface area contributed by atoms with Crippen LogP contribution in [0.4, 0.5) is 0 Å². The Morgan fingerprint density at radius 2 is 1.96 bits per heavy atom. The van der Waals surface area contributed by atoms with E-state index in [1.165, 1.54) is 6.26 Å². The van der Waals surface area contributed by atoms with Gasteiger partial charge in [-0.1, -0.05) is 30.3 Å². The highest BCUT2D eigenvalue weighted by Crippen LogP contribution is 2.29. The third-order valence-electron chi connectivity index (χ3n) is 4.15. The number of benzene rings is 2. The third kappa shape index (κ3) is 2.13. The normalized spacial score (nSPS) is 11.2. The molecule has 0 saturated heterocycles. The van der Waals surface area contributed by atoms with Crippen LogP contribution in [-0.2, 0) is 6.54 Å². The molecule has 0 radical (unpaired) electrons. The molecule has 0 amide bonds. The lowest BCUT2D eigenvalue weighted by atomic mass is 10.1. The number of fused-ring (bicyclic) bond motifs is 2. The first-order chi connectivity index (χ1) is 11.7. The maximum Gasteiger partial charge on any atom is 0.215 e. The largest absolute Gasteiger partial charge is 0.504 e. The van der Waals surface area contributed by atoms with Crippen LogP contribution >= 0.6 is 0 Å². The molecule has 24 heavy (non-hydrogen) atoms. The Labute approximate surface area is 137 Å². The minimum atomic E-state index is -0.252. The Hall–Kier alpha value is -3.21. The van der Waals surface area contributed by atoms with E-state index >= 15 is 0 Å². The molecule has 0 aliphatic rings. The SMILES string of the molecule is COc1ccc2c(=O)c3c(O)coc3n(Cc3ccccc3)c2c1. The molecule has 0 bridgehead atoms. The fourth-order valence-corrected chi connectivity index (χ4v) is 2.97. The van der Waals surface area contributed by atoms with Crippen molar-refractivity contribution in [2.75, 3.05) is 7.11 Å². The average molecular weight is 321 g/mol. The number of hydrogen-bond acceptors (Lipinski definition) is 4. The van der Waals surface area contributed by atoms with Gasteiger partial charge in [0.2, 0.25) is 11.1 Å². The smallest absolute Gasteiger partial charge is 0.215 e. The summed E-state index contributed by atoms with van der Waals surface area (Å²) in [5.74, 6) is 0.508. The van der Waals surface area contributed by atoms with Crippen LogP contribution < -0.4 is 10.2 Å². The van der Waals surface area contributed by atoms with Gasteiger partial charge in [0, 0.05) is 11.5 Å². The van der Waals surface area contributed by atoms with Gasteiger partial charge in [0.15, 0.2) is 5.75 Å². The molecule has 120 valence electrons. The van der Waals surface area contributed by atoms with Crippen molar-refractivity contribution in [3.05, 3.63) is 70.6 Å². The van der Waals surface area contributed by atoms with Gasteiger partial charge in [-0.3, -0.25) is 4.79 Å². The highest BCUT2D eigenvalue weighted by molar-refractivity contribution is 5.94. The van der Waals surface area contributed by atoms with Crippen molar-refractivity contribution in [3.8, 4) is 11.5 Å². The topological polar surface area (TPSA) is 64.6 Å². The molecule has 2 aromatic heterocycles. The standard InChI is InChI=1S/C19H15NO4/c1-23-13-7-8-14-15(9-13)20(10-12-5-3-2-4-6-12)19-17(18(14)22)16(21)11-24-19/h2-9,11,21H,10H2,1H3. The average Bonchev–Trinajstić information content (AvgIpc) is 3.01. The van der Waals surface area contributed by atoms with Gasteiger partial charge in [-0.05, 0) is 17.7 Å². The molecule has 0 atom stereocenters. The summed E-state index contributed by atoms with van der Waals surface area (Å²) in [4.78, 5) is 12.7. The number of rotatable bonds is 3. The summed E-state index contributed by atoms with van der Waals surface area (Å²) in [7, 11) is 1.58. The van der Waals surface area contributed by atoms with E-state index in [2.05, 4.69) is 0 Å². The minimum Gasteiger partial charge on any atom is -0.504 e. The van der Waals surface area contributed by atoms with Gasteiger partial charge in [-0.2, -0.15) is 0 Å². The number of ether oxygens (including phenoxy) is 1. The second-order valence-corrected chi connectivity index (χ2v) is 5.59. The zero-order valence-corrected chi connectivity index (χ0v) is 13.0. The van der Waals surface area contributed by atoms with Crippen molar-refractivity contribution >= 4 is 22.0 Å². The second-order valence-electron chi connectivity index (χ2n) is 5.59. The quantitative estimate of drug-likeness (QED) is 0.627. The molecule has 0 aliphatic heterocycles. The van der Waals surface area contributed by atoms with E-state index in [-0.39, 0.29) is 16.6 Å². The van der Waals surface area contributed by atoms with Crippen LogP contribution in [0.5, 0.6) is 11.5 Å². The maximum atomic E-state index is 12.7. The molecular weight excluding hydrogens is 306 g/mol. The summed E-state index contributed by atoms with van der Waals surface area (Å²) in [6, 6.07) is 15.1. The first-order valence-electron chi connectivity index (χ1n) is 7.53. The van der Waals surface area contributed by atoms with Crippen molar-refractivity contribution in [1.29, 1.82) is 0 Å². The summed E-state index contributed by atoms with van der Waals surface area (Å²) in [6.45, 7) is 0.508. The van der Waals surface area contributed by atoms with E-state index < -0.39 is 0 Å². The van der Waals surface area contributed by atoms with Gasteiger partial charge in [0.25, 0.3) is 0 Å². The number of aromatic hydroxyl groups is 1. The Morgan fingerprint density at radius 1 is 1.17 bits per heavy atom. The predicted octanol–water partition coefficient (Wildman–Crippen LogP) is 3.51. The Kier molecular flexibility index (Phi) is 3.27. The van der Waals surface area contributed by atoms with Crippen molar-refractivity contribution in [3.63, 3.8) is 0 Å². The van der Waals surface area contributed by atoms with Crippen LogP contribution in [0.3, 0.4) is 0 Å². The van der Waals surface area contributed by atoms with Gasteiger partial charge < -0.3 is 18.8 Å². The second kappa shape index (κ2) is 5.45. The predicted molar refractivity (Wildman–Crippen MR) is 91.7 cm³/mol. The molecule has 0 saturated carbocycles. The number of pyridine rings is 1. The van der Waals surface area contributed by atoms with E-state index in [4.69, 9.17) is 9.15 Å². The maximum absolute atomic E-state index is 12.7. The molecule has 4 rings (SSSR count). The molecule has 1 N–H and O–H groups in total. The van der Waals surface area contributed by atoms with Crippen LogP contribution in [-0.4, -0.2) is 16.8 Å². The summed E-state index contributed by atoms with van der Waals surface area (Å²) >= 11 is 0. The minimum absolute atomic E-state index is 0.144. The number of nitrogens with zero attached hydrogens (tertiary/aromatic N) is 1. The first-order valence-corrected chi connectivity index (χ1v) is 7.53. The van der Waals surface area contributed by atoms with Crippen LogP contribution in [0.15, 0.2) is 64.0 Å². The molecule has 0 fully saturated rings. The van der Waals surface area contributed by atoms with Crippen LogP contribution in [0.25, 0.3) is 22.0 Å². The van der Waals surface area contributed by atoms with Crippen LogP contribution in [0.2, 0.25) is 0 Å². The number of furan rings is 1. The lowest BCUT2D eigenvalue weighted by Gasteiger charge is -2.13. The zero-order chi connectivity index (χ0) is 16.7. The zero-order valence-electron chi connectivity index (χ0n) is 13.0. The lowest BCUT2D eigenvalue weighted by Crippen LogP contribution is -2.11. The number of methoxy groups -OCH3 is 1. The monoisotopic (exact) mass is 321 g/mol. The van der Waals surface area contributed by atoms with E-state index in [9.17, 15) is 9.90 Å². The Bertz CT molecular complexity index is 1090. The third-order valence-corrected chi connectivity index (χ3v) is 4.15. The van der Waals surface area contributed by atoms with Gasteiger partial charge in [-0.15, -0.1) is 0 Å². The van der Waals surface area contributed by atoms with Gasteiger partial charge >= 0.3 is 0 Å². The van der Waals surface area contributed by atoms with E-state index in [0.717, 1.165) is 5.56 Å². The molecule has 4 aromatic rings. The van der Waals surface area contributed by atoms with Crippen LogP contribution in [0, 0.1) is 0 Å². The molecular formula is C19H15NO4. The molecule has 0 spiro atoms. The molecule has 2 heterocycles. The van der Waals surface area contributed by atoms with Gasteiger partial charge in [-0.25, -0.2) is 0 Å². The summed E-state index contributed by atoms with van der Waals surface area (Å²) in [6.07, 6.45) is 1.20.